The average Bonchev–Trinajstić information content (AvgIpc) is 3.41. The van der Waals surface area contributed by atoms with Gasteiger partial charge in [0.1, 0.15) is 5.82 Å². The summed E-state index contributed by atoms with van der Waals surface area (Å²) in [6.07, 6.45) is 0. The van der Waals surface area contributed by atoms with Crippen molar-refractivity contribution in [3.8, 4) is 0 Å². The quantitative estimate of drug-likeness (QED) is 0.158. The molecule has 10 nitrogen and oxygen atoms in total. The molecule has 198 valence electrons. The van der Waals surface area contributed by atoms with Gasteiger partial charge in [-0.3, -0.25) is 29.7 Å². The van der Waals surface area contributed by atoms with Gasteiger partial charge in [-0.05, 0) is 36.2 Å². The van der Waals surface area contributed by atoms with Crippen molar-refractivity contribution >= 4 is 52.4 Å². The Bertz CT molecular complexity index is 1510. The highest BCUT2D eigenvalue weighted by Gasteiger charge is 2.29. The number of aromatic nitrogens is 3. The molecular formula is C27H24N6O4S2. The molecule has 5 rings (SSSR count). The second-order valence-corrected chi connectivity index (χ2v) is 11.1. The fourth-order valence-electron chi connectivity index (χ4n) is 4.16. The van der Waals surface area contributed by atoms with Crippen LogP contribution in [0, 0.1) is 16.0 Å². The number of anilines is 2. The number of aromatic amines is 1. The van der Waals surface area contributed by atoms with Crippen LogP contribution >= 0.6 is 23.5 Å². The van der Waals surface area contributed by atoms with Crippen LogP contribution in [0.25, 0.3) is 0 Å². The normalized spacial score (nSPS) is 12.9. The lowest BCUT2D eigenvalue weighted by atomic mass is 10.0. The summed E-state index contributed by atoms with van der Waals surface area (Å²) in [4.78, 5) is 45.1. The number of thioether (sulfide) groups is 1. The molecule has 2 amide bonds. The molecule has 2 heterocycles. The van der Waals surface area contributed by atoms with Crippen LogP contribution in [-0.4, -0.2) is 37.7 Å². The molecule has 0 bridgehead atoms. The Morgan fingerprint density at radius 3 is 2.36 bits per heavy atom. The monoisotopic (exact) mass is 560 g/mol. The Hall–Kier alpha value is -4.16. The Labute approximate surface area is 232 Å². The number of carbonyl (C=O) groups is 2. The number of carbonyl (C=O) groups excluding carboxylic acids is 2. The lowest BCUT2D eigenvalue weighted by molar-refractivity contribution is -0.384. The number of fused-ring (bicyclic) bond motifs is 2. The number of para-hydroxylation sites is 2. The standard InChI is InChI=1S/C27H24N6O4S2/c1-16(2)24(28-26(35)17-8-7-9-18(14-17)33(36)37)25-29-27(31-30-25)38-15-23(34)32-19-10-3-5-12-21(19)39-22-13-6-4-11-20(22)32/h3-14,16,24H,15H2,1-2H3,(H,28,35)(H,29,30,31)/t24-/m1/s1. The Morgan fingerprint density at radius 2 is 1.72 bits per heavy atom. The van der Waals surface area contributed by atoms with Crippen LogP contribution in [0.4, 0.5) is 17.1 Å². The lowest BCUT2D eigenvalue weighted by Gasteiger charge is -2.30. The fraction of sp³-hybridized carbons (Fsp3) is 0.185. The van der Waals surface area contributed by atoms with Gasteiger partial charge in [0, 0.05) is 27.5 Å². The van der Waals surface area contributed by atoms with Crippen molar-refractivity contribution in [2.24, 2.45) is 5.92 Å². The zero-order chi connectivity index (χ0) is 27.5. The molecule has 0 saturated carbocycles. The first-order valence-electron chi connectivity index (χ1n) is 12.1. The number of amides is 2. The summed E-state index contributed by atoms with van der Waals surface area (Å²) < 4.78 is 0. The van der Waals surface area contributed by atoms with E-state index in [0.717, 1.165) is 21.2 Å². The molecule has 3 aromatic carbocycles. The second kappa shape index (κ2) is 11.3. The van der Waals surface area contributed by atoms with Crippen molar-refractivity contribution in [2.75, 3.05) is 10.7 Å². The topological polar surface area (TPSA) is 134 Å². The molecule has 0 spiro atoms. The Kier molecular flexibility index (Phi) is 7.66. The summed E-state index contributed by atoms with van der Waals surface area (Å²) in [5.41, 5.74) is 1.69. The fourth-order valence-corrected chi connectivity index (χ4v) is 5.87. The smallest absolute Gasteiger partial charge is 0.270 e. The molecule has 1 aliphatic rings. The zero-order valence-corrected chi connectivity index (χ0v) is 22.7. The predicted molar refractivity (Wildman–Crippen MR) is 149 cm³/mol. The molecule has 0 fully saturated rings. The third kappa shape index (κ3) is 5.66. The summed E-state index contributed by atoms with van der Waals surface area (Å²) in [7, 11) is 0. The van der Waals surface area contributed by atoms with Gasteiger partial charge in [-0.15, -0.1) is 5.10 Å². The number of H-pyrrole nitrogens is 1. The first-order valence-corrected chi connectivity index (χ1v) is 13.9. The van der Waals surface area contributed by atoms with E-state index in [-0.39, 0.29) is 28.8 Å². The maximum Gasteiger partial charge on any atom is 0.270 e. The van der Waals surface area contributed by atoms with Crippen LogP contribution in [-0.2, 0) is 4.79 Å². The molecule has 1 atom stereocenters. The third-order valence-corrected chi connectivity index (χ3v) is 8.02. The largest absolute Gasteiger partial charge is 0.342 e. The molecule has 12 heteroatoms. The van der Waals surface area contributed by atoms with Crippen molar-refractivity contribution in [3.63, 3.8) is 0 Å². The predicted octanol–water partition coefficient (Wildman–Crippen LogP) is 5.76. The SMILES string of the molecule is CC(C)[C@@H](NC(=O)c1cccc([N+](=O)[O-])c1)c1nc(SCC(=O)N2c3ccccc3Sc3ccccc32)n[nH]1. The Morgan fingerprint density at radius 1 is 1.05 bits per heavy atom. The van der Waals surface area contributed by atoms with E-state index < -0.39 is 16.9 Å². The van der Waals surface area contributed by atoms with Crippen molar-refractivity contribution in [2.45, 2.75) is 34.8 Å². The first kappa shape index (κ1) is 26.4. The van der Waals surface area contributed by atoms with E-state index in [0.29, 0.717) is 11.0 Å². The molecule has 0 aliphatic carbocycles. The van der Waals surface area contributed by atoms with Gasteiger partial charge >= 0.3 is 0 Å². The van der Waals surface area contributed by atoms with Gasteiger partial charge in [-0.2, -0.15) is 0 Å². The van der Waals surface area contributed by atoms with E-state index in [1.165, 1.54) is 36.0 Å². The number of nitrogens with zero attached hydrogens (tertiary/aromatic N) is 4. The average molecular weight is 561 g/mol. The van der Waals surface area contributed by atoms with E-state index in [1.54, 1.807) is 16.7 Å². The Balaban J connectivity index is 1.29. The number of non-ortho nitro benzene ring substituents is 1. The minimum absolute atomic E-state index is 0.0565. The number of hydrogen-bond acceptors (Lipinski definition) is 8. The van der Waals surface area contributed by atoms with E-state index in [4.69, 9.17) is 0 Å². The number of rotatable bonds is 8. The maximum atomic E-state index is 13.4. The van der Waals surface area contributed by atoms with E-state index in [9.17, 15) is 19.7 Å². The molecule has 0 saturated heterocycles. The van der Waals surface area contributed by atoms with Gasteiger partial charge in [0.25, 0.3) is 11.6 Å². The highest BCUT2D eigenvalue weighted by molar-refractivity contribution is 8.00. The van der Waals surface area contributed by atoms with Crippen LogP contribution < -0.4 is 10.2 Å². The van der Waals surface area contributed by atoms with Crippen molar-refractivity contribution in [1.29, 1.82) is 0 Å². The van der Waals surface area contributed by atoms with Gasteiger partial charge in [0.15, 0.2) is 0 Å². The maximum absolute atomic E-state index is 13.4. The first-order chi connectivity index (χ1) is 18.8. The van der Waals surface area contributed by atoms with Crippen molar-refractivity contribution in [3.05, 3.63) is 94.3 Å². The molecule has 4 aromatic rings. The summed E-state index contributed by atoms with van der Waals surface area (Å²) in [6, 6.07) is 20.6. The van der Waals surface area contributed by atoms with Crippen LogP contribution in [0.2, 0.25) is 0 Å². The lowest BCUT2D eigenvalue weighted by Crippen LogP contribution is -2.32. The van der Waals surface area contributed by atoms with Gasteiger partial charge in [0.2, 0.25) is 11.1 Å². The van der Waals surface area contributed by atoms with E-state index >= 15 is 0 Å². The second-order valence-electron chi connectivity index (χ2n) is 9.06. The molecule has 2 N–H and O–H groups in total. The minimum atomic E-state index is -0.544. The minimum Gasteiger partial charge on any atom is -0.342 e. The highest BCUT2D eigenvalue weighted by atomic mass is 32.2. The van der Waals surface area contributed by atoms with E-state index in [1.807, 2.05) is 62.4 Å². The summed E-state index contributed by atoms with van der Waals surface area (Å²) >= 11 is 2.84. The zero-order valence-electron chi connectivity index (χ0n) is 21.0. The van der Waals surface area contributed by atoms with Gasteiger partial charge < -0.3 is 5.32 Å². The van der Waals surface area contributed by atoms with Gasteiger partial charge in [-0.1, -0.05) is 67.7 Å². The van der Waals surface area contributed by atoms with Crippen LogP contribution in [0.15, 0.2) is 87.7 Å². The summed E-state index contributed by atoms with van der Waals surface area (Å²) in [5, 5.41) is 21.5. The number of benzene rings is 3. The molecule has 39 heavy (non-hydrogen) atoms. The van der Waals surface area contributed by atoms with Gasteiger partial charge in [0.05, 0.1) is 28.1 Å². The third-order valence-electron chi connectivity index (χ3n) is 6.06. The number of nitro benzene ring substituents is 1. The molecule has 0 unspecified atom stereocenters. The van der Waals surface area contributed by atoms with Gasteiger partial charge in [-0.25, -0.2) is 4.98 Å². The van der Waals surface area contributed by atoms with Crippen molar-refractivity contribution in [1.82, 2.24) is 20.5 Å². The molecular weight excluding hydrogens is 536 g/mol. The summed E-state index contributed by atoms with van der Waals surface area (Å²) in [5.74, 6) is -0.0797. The van der Waals surface area contributed by atoms with Crippen molar-refractivity contribution < 1.29 is 14.5 Å². The number of nitrogens with one attached hydrogen (secondary N) is 2. The number of hydrogen-bond donors (Lipinski definition) is 2. The molecule has 0 radical (unpaired) electrons. The summed E-state index contributed by atoms with van der Waals surface area (Å²) in [6.45, 7) is 3.83. The van der Waals surface area contributed by atoms with Crippen LogP contribution in [0.3, 0.4) is 0 Å². The molecule has 1 aromatic heterocycles. The van der Waals surface area contributed by atoms with Crippen LogP contribution in [0.1, 0.15) is 36.1 Å². The van der Waals surface area contributed by atoms with Crippen LogP contribution in [0.5, 0.6) is 0 Å². The van der Waals surface area contributed by atoms with E-state index in [2.05, 4.69) is 20.5 Å². The highest BCUT2D eigenvalue weighted by Crippen LogP contribution is 2.48. The number of nitro groups is 1. The molecule has 1 aliphatic heterocycles.